The summed E-state index contributed by atoms with van der Waals surface area (Å²) >= 11 is 0. The first-order valence-corrected chi connectivity index (χ1v) is 16.0. The molecule has 3 atom stereocenters. The van der Waals surface area contributed by atoms with E-state index in [0.29, 0.717) is 29.3 Å². The standard InChI is InChI=1S/C33H49N5O4/c1-22-10-7-11-23(2)37(22)19-18-25(20-31(39)34-24-12-8-13-24)35-33(40)27-21-28(38(36-27)26-14-5-6-15-26)32-29(41-3)16-9-17-30(32)42-4/h9,16-17,21-26H,5-8,10-15,18-20H2,1-4H3,(H,34,39)(H,35,40)/t22?,23?,25-/m0/s1. The summed E-state index contributed by atoms with van der Waals surface area (Å²) in [5, 5.41) is 11.3. The lowest BCUT2D eigenvalue weighted by atomic mass is 9.93. The molecule has 2 aromatic rings. The van der Waals surface area contributed by atoms with Crippen molar-refractivity contribution in [2.24, 2.45) is 0 Å². The van der Waals surface area contributed by atoms with E-state index in [2.05, 4.69) is 29.4 Å². The van der Waals surface area contributed by atoms with E-state index >= 15 is 0 Å². The van der Waals surface area contributed by atoms with Crippen LogP contribution in [0.5, 0.6) is 11.5 Å². The summed E-state index contributed by atoms with van der Waals surface area (Å²) in [5.41, 5.74) is 1.97. The smallest absolute Gasteiger partial charge is 0.272 e. The maximum atomic E-state index is 13.8. The Balaban J connectivity index is 1.39. The summed E-state index contributed by atoms with van der Waals surface area (Å²) in [5.74, 6) is 1.12. The molecule has 9 nitrogen and oxygen atoms in total. The van der Waals surface area contributed by atoms with Crippen LogP contribution in [0.15, 0.2) is 24.3 Å². The van der Waals surface area contributed by atoms with E-state index < -0.39 is 0 Å². The number of carbonyl (C=O) groups excluding carboxylic acids is 2. The number of carbonyl (C=O) groups is 2. The first-order valence-electron chi connectivity index (χ1n) is 16.0. The molecule has 42 heavy (non-hydrogen) atoms. The summed E-state index contributed by atoms with van der Waals surface area (Å²) in [4.78, 5) is 29.4. The zero-order valence-corrected chi connectivity index (χ0v) is 25.9. The van der Waals surface area contributed by atoms with E-state index in [-0.39, 0.29) is 36.4 Å². The highest BCUT2D eigenvalue weighted by Crippen LogP contribution is 2.41. The van der Waals surface area contributed by atoms with Crippen molar-refractivity contribution in [3.63, 3.8) is 0 Å². The normalized spacial score (nSPS) is 22.4. The first-order chi connectivity index (χ1) is 20.4. The van der Waals surface area contributed by atoms with E-state index in [1.165, 1.54) is 25.7 Å². The fraction of sp³-hybridized carbons (Fsp3) is 0.667. The molecule has 3 aliphatic rings. The van der Waals surface area contributed by atoms with E-state index in [1.54, 1.807) is 14.2 Å². The average molecular weight is 580 g/mol. The molecule has 1 saturated heterocycles. The van der Waals surface area contributed by atoms with Crippen LogP contribution in [0.1, 0.15) is 107 Å². The first kappa shape index (κ1) is 30.4. The van der Waals surface area contributed by atoms with Gasteiger partial charge in [-0.1, -0.05) is 25.3 Å². The number of benzene rings is 1. The van der Waals surface area contributed by atoms with Crippen molar-refractivity contribution in [1.82, 2.24) is 25.3 Å². The number of aromatic nitrogens is 2. The fourth-order valence-corrected chi connectivity index (χ4v) is 6.99. The van der Waals surface area contributed by atoms with Gasteiger partial charge in [-0.2, -0.15) is 5.10 Å². The lowest BCUT2D eigenvalue weighted by molar-refractivity contribution is -0.122. The van der Waals surface area contributed by atoms with Gasteiger partial charge in [-0.05, 0) is 83.4 Å². The minimum atomic E-state index is -0.278. The Labute approximate surface area is 250 Å². The molecule has 2 N–H and O–H groups in total. The Kier molecular flexibility index (Phi) is 10.1. The molecule has 0 spiro atoms. The molecule has 2 saturated carbocycles. The number of ether oxygens (including phenoxy) is 2. The molecule has 2 heterocycles. The summed E-state index contributed by atoms with van der Waals surface area (Å²) < 4.78 is 13.4. The van der Waals surface area contributed by atoms with Gasteiger partial charge in [0.05, 0.1) is 31.5 Å². The minimum Gasteiger partial charge on any atom is -0.496 e. The highest BCUT2D eigenvalue weighted by atomic mass is 16.5. The van der Waals surface area contributed by atoms with Gasteiger partial charge in [0.15, 0.2) is 5.69 Å². The topological polar surface area (TPSA) is 97.7 Å². The summed E-state index contributed by atoms with van der Waals surface area (Å²) in [6.07, 6.45) is 12.2. The Bertz CT molecular complexity index is 1190. The van der Waals surface area contributed by atoms with Crippen LogP contribution in [-0.2, 0) is 4.79 Å². The Morgan fingerprint density at radius 2 is 1.60 bits per heavy atom. The third-order valence-corrected chi connectivity index (χ3v) is 9.67. The lowest BCUT2D eigenvalue weighted by Gasteiger charge is -2.39. The molecule has 0 bridgehead atoms. The van der Waals surface area contributed by atoms with Crippen molar-refractivity contribution >= 4 is 11.8 Å². The number of likely N-dealkylation sites (tertiary alicyclic amines) is 1. The van der Waals surface area contributed by atoms with Gasteiger partial charge in [-0.3, -0.25) is 19.2 Å². The van der Waals surface area contributed by atoms with Crippen molar-refractivity contribution in [3.05, 3.63) is 30.0 Å². The summed E-state index contributed by atoms with van der Waals surface area (Å²) in [6.45, 7) is 5.43. The van der Waals surface area contributed by atoms with Crippen LogP contribution in [0.2, 0.25) is 0 Å². The predicted molar refractivity (Wildman–Crippen MR) is 164 cm³/mol. The van der Waals surface area contributed by atoms with Gasteiger partial charge in [0, 0.05) is 37.1 Å². The third-order valence-electron chi connectivity index (χ3n) is 9.67. The summed E-state index contributed by atoms with van der Waals surface area (Å²) in [6, 6.07) is 8.79. The second-order valence-electron chi connectivity index (χ2n) is 12.6. The van der Waals surface area contributed by atoms with E-state index in [4.69, 9.17) is 14.6 Å². The average Bonchev–Trinajstić information content (AvgIpc) is 3.64. The molecule has 1 aromatic heterocycles. The second-order valence-corrected chi connectivity index (χ2v) is 12.6. The molecule has 1 aromatic carbocycles. The summed E-state index contributed by atoms with van der Waals surface area (Å²) in [7, 11) is 3.29. The minimum absolute atomic E-state index is 0.0145. The lowest BCUT2D eigenvalue weighted by Crippen LogP contribution is -2.48. The number of rotatable bonds is 12. The predicted octanol–water partition coefficient (Wildman–Crippen LogP) is 5.49. The number of nitrogens with zero attached hydrogens (tertiary/aromatic N) is 3. The molecule has 2 amide bonds. The molecule has 9 heteroatoms. The van der Waals surface area contributed by atoms with Crippen molar-refractivity contribution in [2.45, 2.75) is 121 Å². The van der Waals surface area contributed by atoms with Crippen molar-refractivity contribution in [3.8, 4) is 22.8 Å². The van der Waals surface area contributed by atoms with Crippen LogP contribution in [0.4, 0.5) is 0 Å². The largest absolute Gasteiger partial charge is 0.496 e. The number of amides is 2. The van der Waals surface area contributed by atoms with Crippen LogP contribution in [0, 0.1) is 0 Å². The monoisotopic (exact) mass is 579 g/mol. The molecule has 3 fully saturated rings. The van der Waals surface area contributed by atoms with Crippen LogP contribution >= 0.6 is 0 Å². The van der Waals surface area contributed by atoms with Crippen LogP contribution in [0.25, 0.3) is 11.3 Å². The second kappa shape index (κ2) is 13.9. The number of hydrogen-bond acceptors (Lipinski definition) is 6. The molecule has 1 aliphatic heterocycles. The third kappa shape index (κ3) is 6.93. The highest BCUT2D eigenvalue weighted by Gasteiger charge is 2.30. The number of piperidine rings is 1. The Morgan fingerprint density at radius 1 is 0.952 bits per heavy atom. The molecule has 0 radical (unpaired) electrons. The maximum Gasteiger partial charge on any atom is 0.272 e. The van der Waals surface area contributed by atoms with Crippen LogP contribution in [-0.4, -0.2) is 71.4 Å². The molecular formula is C33H49N5O4. The van der Waals surface area contributed by atoms with E-state index in [0.717, 1.165) is 62.7 Å². The van der Waals surface area contributed by atoms with Gasteiger partial charge >= 0.3 is 0 Å². The van der Waals surface area contributed by atoms with Gasteiger partial charge in [-0.15, -0.1) is 0 Å². The van der Waals surface area contributed by atoms with Gasteiger partial charge in [-0.25, -0.2) is 0 Å². The highest BCUT2D eigenvalue weighted by molar-refractivity contribution is 5.94. The SMILES string of the molecule is COc1cccc(OC)c1-c1cc(C(=O)N[C@@H](CCN2C(C)CCCC2C)CC(=O)NC2CCC2)nn1C1CCCC1. The molecule has 5 rings (SSSR count). The van der Waals surface area contributed by atoms with Crippen molar-refractivity contribution < 1.29 is 19.1 Å². The Morgan fingerprint density at radius 3 is 2.19 bits per heavy atom. The zero-order valence-electron chi connectivity index (χ0n) is 25.9. The number of methoxy groups -OCH3 is 2. The molecule has 230 valence electrons. The van der Waals surface area contributed by atoms with Crippen molar-refractivity contribution in [2.75, 3.05) is 20.8 Å². The Hall–Kier alpha value is -3.07. The quantitative estimate of drug-likeness (QED) is 0.345. The molecule has 2 unspecified atom stereocenters. The maximum absolute atomic E-state index is 13.8. The zero-order chi connectivity index (χ0) is 29.6. The molecule has 2 aliphatic carbocycles. The van der Waals surface area contributed by atoms with Gasteiger partial charge in [0.1, 0.15) is 11.5 Å². The van der Waals surface area contributed by atoms with Crippen LogP contribution in [0.3, 0.4) is 0 Å². The van der Waals surface area contributed by atoms with E-state index in [1.807, 2.05) is 28.9 Å². The van der Waals surface area contributed by atoms with Crippen molar-refractivity contribution in [1.29, 1.82) is 0 Å². The van der Waals surface area contributed by atoms with E-state index in [9.17, 15) is 9.59 Å². The van der Waals surface area contributed by atoms with Gasteiger partial charge in [0.2, 0.25) is 5.91 Å². The van der Waals surface area contributed by atoms with Gasteiger partial charge < -0.3 is 20.1 Å². The number of hydrogen-bond donors (Lipinski definition) is 2. The number of nitrogens with one attached hydrogen (secondary N) is 2. The van der Waals surface area contributed by atoms with Crippen LogP contribution < -0.4 is 20.1 Å². The van der Waals surface area contributed by atoms with Gasteiger partial charge in [0.25, 0.3) is 5.91 Å². The molecular weight excluding hydrogens is 530 g/mol. The fourth-order valence-electron chi connectivity index (χ4n) is 6.99.